The SMILES string of the molecule is O=C(N[C@H]1CCNc2ccccc21)OCc1ccccc1. The lowest BCUT2D eigenvalue weighted by atomic mass is 9.98. The summed E-state index contributed by atoms with van der Waals surface area (Å²) >= 11 is 0. The van der Waals surface area contributed by atoms with Gasteiger partial charge in [0.25, 0.3) is 0 Å². The number of amides is 1. The van der Waals surface area contributed by atoms with Crippen molar-refractivity contribution in [3.05, 3.63) is 65.7 Å². The molecule has 1 amide bonds. The molecule has 3 rings (SSSR count). The highest BCUT2D eigenvalue weighted by atomic mass is 16.5. The van der Waals surface area contributed by atoms with E-state index >= 15 is 0 Å². The predicted octanol–water partition coefficient (Wildman–Crippen LogP) is 3.47. The molecule has 4 heteroatoms. The highest BCUT2D eigenvalue weighted by Crippen LogP contribution is 2.29. The molecule has 0 unspecified atom stereocenters. The standard InChI is InChI=1S/C17H18N2O2/c20-17(21-12-13-6-2-1-3-7-13)19-16-10-11-18-15-9-5-4-8-14(15)16/h1-9,16,18H,10-12H2,(H,19,20)/t16-/m0/s1. The Kier molecular flexibility index (Phi) is 4.05. The first-order valence-corrected chi connectivity index (χ1v) is 7.13. The van der Waals surface area contributed by atoms with Crippen molar-refractivity contribution in [3.8, 4) is 0 Å². The van der Waals surface area contributed by atoms with Gasteiger partial charge in [-0.1, -0.05) is 48.5 Å². The Labute approximate surface area is 124 Å². The molecule has 4 nitrogen and oxygen atoms in total. The second-order valence-corrected chi connectivity index (χ2v) is 5.06. The van der Waals surface area contributed by atoms with E-state index in [0.29, 0.717) is 6.61 Å². The van der Waals surface area contributed by atoms with E-state index in [1.165, 1.54) is 0 Å². The third-order valence-corrected chi connectivity index (χ3v) is 3.59. The van der Waals surface area contributed by atoms with Crippen molar-refractivity contribution in [2.24, 2.45) is 0 Å². The minimum atomic E-state index is -0.374. The molecule has 0 aromatic heterocycles. The first-order valence-electron chi connectivity index (χ1n) is 7.13. The van der Waals surface area contributed by atoms with E-state index in [1.807, 2.05) is 54.6 Å². The summed E-state index contributed by atoms with van der Waals surface area (Å²) in [7, 11) is 0. The van der Waals surface area contributed by atoms with E-state index in [4.69, 9.17) is 4.74 Å². The lowest BCUT2D eigenvalue weighted by Gasteiger charge is -2.27. The van der Waals surface area contributed by atoms with Gasteiger partial charge in [0.15, 0.2) is 0 Å². The lowest BCUT2D eigenvalue weighted by Crippen LogP contribution is -2.33. The number of alkyl carbamates (subject to hydrolysis) is 1. The molecule has 0 fully saturated rings. The molecule has 0 radical (unpaired) electrons. The Hall–Kier alpha value is -2.49. The van der Waals surface area contributed by atoms with Crippen LogP contribution in [0.2, 0.25) is 0 Å². The van der Waals surface area contributed by atoms with Gasteiger partial charge in [-0.3, -0.25) is 0 Å². The Morgan fingerprint density at radius 3 is 2.76 bits per heavy atom. The molecular formula is C17H18N2O2. The van der Waals surface area contributed by atoms with Crippen molar-refractivity contribution in [2.75, 3.05) is 11.9 Å². The fourth-order valence-corrected chi connectivity index (χ4v) is 2.53. The molecule has 1 aliphatic heterocycles. The minimum absolute atomic E-state index is 0.00530. The van der Waals surface area contributed by atoms with Crippen LogP contribution in [0.25, 0.3) is 0 Å². The lowest BCUT2D eigenvalue weighted by molar-refractivity contribution is 0.135. The van der Waals surface area contributed by atoms with Crippen LogP contribution >= 0.6 is 0 Å². The smallest absolute Gasteiger partial charge is 0.407 e. The van der Waals surface area contributed by atoms with E-state index in [2.05, 4.69) is 10.6 Å². The molecule has 1 aliphatic rings. The van der Waals surface area contributed by atoms with Crippen LogP contribution in [0.1, 0.15) is 23.6 Å². The maximum atomic E-state index is 11.9. The van der Waals surface area contributed by atoms with Gasteiger partial charge in [-0.2, -0.15) is 0 Å². The molecule has 0 saturated carbocycles. The normalized spacial score (nSPS) is 16.5. The minimum Gasteiger partial charge on any atom is -0.445 e. The Morgan fingerprint density at radius 2 is 1.90 bits per heavy atom. The van der Waals surface area contributed by atoms with Crippen LogP contribution in [0.5, 0.6) is 0 Å². The number of ether oxygens (including phenoxy) is 1. The number of fused-ring (bicyclic) bond motifs is 1. The second kappa shape index (κ2) is 6.31. The first-order chi connectivity index (χ1) is 10.3. The average Bonchev–Trinajstić information content (AvgIpc) is 2.54. The summed E-state index contributed by atoms with van der Waals surface area (Å²) in [6.07, 6.45) is 0.484. The highest BCUT2D eigenvalue weighted by molar-refractivity contribution is 5.69. The number of hydrogen-bond acceptors (Lipinski definition) is 3. The number of para-hydroxylation sites is 1. The van der Waals surface area contributed by atoms with E-state index in [-0.39, 0.29) is 12.1 Å². The van der Waals surface area contributed by atoms with Crippen LogP contribution in [-0.4, -0.2) is 12.6 Å². The van der Waals surface area contributed by atoms with E-state index in [0.717, 1.165) is 29.8 Å². The van der Waals surface area contributed by atoms with Crippen LogP contribution < -0.4 is 10.6 Å². The maximum absolute atomic E-state index is 11.9. The van der Waals surface area contributed by atoms with E-state index in [1.54, 1.807) is 0 Å². The summed E-state index contributed by atoms with van der Waals surface area (Å²) in [5, 5.41) is 6.28. The molecule has 2 aromatic carbocycles. The van der Waals surface area contributed by atoms with Gasteiger partial charge in [-0.25, -0.2) is 4.79 Å². The average molecular weight is 282 g/mol. The van der Waals surface area contributed by atoms with Crippen molar-refractivity contribution in [1.82, 2.24) is 5.32 Å². The molecule has 0 saturated heterocycles. The zero-order valence-electron chi connectivity index (χ0n) is 11.7. The fourth-order valence-electron chi connectivity index (χ4n) is 2.53. The molecule has 1 atom stereocenters. The highest BCUT2D eigenvalue weighted by Gasteiger charge is 2.21. The Morgan fingerprint density at radius 1 is 1.14 bits per heavy atom. The maximum Gasteiger partial charge on any atom is 0.407 e. The molecule has 1 heterocycles. The molecule has 21 heavy (non-hydrogen) atoms. The number of carbonyl (C=O) groups is 1. The van der Waals surface area contributed by atoms with Gasteiger partial charge >= 0.3 is 6.09 Å². The first kappa shape index (κ1) is 13.5. The summed E-state index contributed by atoms with van der Waals surface area (Å²) in [6, 6.07) is 17.7. The van der Waals surface area contributed by atoms with Gasteiger partial charge in [0.05, 0.1) is 6.04 Å². The quantitative estimate of drug-likeness (QED) is 0.906. The number of nitrogens with one attached hydrogen (secondary N) is 2. The number of anilines is 1. The molecule has 0 spiro atoms. The van der Waals surface area contributed by atoms with Crippen LogP contribution in [0.4, 0.5) is 10.5 Å². The van der Waals surface area contributed by atoms with Gasteiger partial charge in [-0.15, -0.1) is 0 Å². The largest absolute Gasteiger partial charge is 0.445 e. The number of rotatable bonds is 3. The van der Waals surface area contributed by atoms with Crippen LogP contribution in [0, 0.1) is 0 Å². The zero-order chi connectivity index (χ0) is 14.5. The van der Waals surface area contributed by atoms with Gasteiger partial charge in [0.1, 0.15) is 6.61 Å². The summed E-state index contributed by atoms with van der Waals surface area (Å²) in [6.45, 7) is 1.14. The third kappa shape index (κ3) is 3.34. The van der Waals surface area contributed by atoms with Gasteiger partial charge in [0, 0.05) is 12.2 Å². The van der Waals surface area contributed by atoms with Crippen molar-refractivity contribution >= 4 is 11.8 Å². The van der Waals surface area contributed by atoms with Gasteiger partial charge in [-0.05, 0) is 23.6 Å². The summed E-state index contributed by atoms with van der Waals surface area (Å²) < 4.78 is 5.28. The number of carbonyl (C=O) groups excluding carboxylic acids is 1. The Bertz CT molecular complexity index is 613. The number of benzene rings is 2. The van der Waals surface area contributed by atoms with Crippen molar-refractivity contribution in [3.63, 3.8) is 0 Å². The van der Waals surface area contributed by atoms with Crippen molar-refractivity contribution < 1.29 is 9.53 Å². The third-order valence-electron chi connectivity index (χ3n) is 3.59. The van der Waals surface area contributed by atoms with Crippen LogP contribution in [0.15, 0.2) is 54.6 Å². The van der Waals surface area contributed by atoms with Gasteiger partial charge < -0.3 is 15.4 Å². The molecule has 2 aromatic rings. The monoisotopic (exact) mass is 282 g/mol. The topological polar surface area (TPSA) is 50.4 Å². The van der Waals surface area contributed by atoms with Crippen molar-refractivity contribution in [1.29, 1.82) is 0 Å². The Balaban J connectivity index is 1.58. The fraction of sp³-hybridized carbons (Fsp3) is 0.235. The van der Waals surface area contributed by atoms with Crippen LogP contribution in [0.3, 0.4) is 0 Å². The van der Waals surface area contributed by atoms with Crippen molar-refractivity contribution in [2.45, 2.75) is 19.1 Å². The summed E-state index contributed by atoms with van der Waals surface area (Å²) in [5.41, 5.74) is 3.18. The molecule has 2 N–H and O–H groups in total. The molecule has 0 aliphatic carbocycles. The summed E-state index contributed by atoms with van der Waals surface area (Å²) in [4.78, 5) is 11.9. The summed E-state index contributed by atoms with van der Waals surface area (Å²) in [5.74, 6) is 0. The zero-order valence-corrected chi connectivity index (χ0v) is 11.7. The molecular weight excluding hydrogens is 264 g/mol. The molecule has 108 valence electrons. The van der Waals surface area contributed by atoms with Crippen LogP contribution in [-0.2, 0) is 11.3 Å². The predicted molar refractivity (Wildman–Crippen MR) is 82.1 cm³/mol. The van der Waals surface area contributed by atoms with E-state index < -0.39 is 0 Å². The second-order valence-electron chi connectivity index (χ2n) is 5.06. The number of hydrogen-bond donors (Lipinski definition) is 2. The van der Waals surface area contributed by atoms with E-state index in [9.17, 15) is 4.79 Å². The van der Waals surface area contributed by atoms with Gasteiger partial charge in [0.2, 0.25) is 0 Å². The molecule has 0 bridgehead atoms.